The molecule has 0 aromatic heterocycles. The minimum Gasteiger partial charge on any atom is -0.333 e. The summed E-state index contributed by atoms with van der Waals surface area (Å²) < 4.78 is 0. The van der Waals surface area contributed by atoms with E-state index in [-0.39, 0.29) is 0 Å². The summed E-state index contributed by atoms with van der Waals surface area (Å²) in [5.74, 6) is 0.350. The topological polar surface area (TPSA) is 3.24 Å². The van der Waals surface area contributed by atoms with Crippen LogP contribution in [0.2, 0.25) is 0 Å². The Morgan fingerprint density at radius 1 is 0.794 bits per heavy atom. The Labute approximate surface area is 201 Å². The van der Waals surface area contributed by atoms with Gasteiger partial charge in [-0.1, -0.05) is 91.9 Å². The Morgan fingerprint density at radius 2 is 1.59 bits per heavy atom. The molecule has 0 radical (unpaired) electrons. The number of hydrogen-bond donors (Lipinski definition) is 0. The Morgan fingerprint density at radius 3 is 2.47 bits per heavy atom. The summed E-state index contributed by atoms with van der Waals surface area (Å²) in [6.07, 6.45) is 9.36. The zero-order valence-corrected chi connectivity index (χ0v) is 19.4. The summed E-state index contributed by atoms with van der Waals surface area (Å²) in [7, 11) is 0. The van der Waals surface area contributed by atoms with Crippen LogP contribution in [0.3, 0.4) is 0 Å². The molecule has 164 valence electrons. The largest absolute Gasteiger partial charge is 0.333 e. The van der Waals surface area contributed by atoms with Crippen molar-refractivity contribution in [3.63, 3.8) is 0 Å². The summed E-state index contributed by atoms with van der Waals surface area (Å²) in [5, 5.41) is 0. The van der Waals surface area contributed by atoms with Crippen molar-refractivity contribution in [2.75, 3.05) is 4.90 Å². The van der Waals surface area contributed by atoms with Gasteiger partial charge in [-0.25, -0.2) is 0 Å². The molecule has 1 heteroatoms. The average Bonchev–Trinajstić information content (AvgIpc) is 3.43. The van der Waals surface area contributed by atoms with E-state index in [1.165, 1.54) is 55.9 Å². The summed E-state index contributed by atoms with van der Waals surface area (Å²) in [5.41, 5.74) is 13.7. The second-order valence-electron chi connectivity index (χ2n) is 9.65. The smallest absolute Gasteiger partial charge is 0.0630 e. The zero-order chi connectivity index (χ0) is 22.6. The van der Waals surface area contributed by atoms with Crippen LogP contribution < -0.4 is 4.90 Å². The van der Waals surface area contributed by atoms with Gasteiger partial charge in [0.15, 0.2) is 0 Å². The van der Waals surface area contributed by atoms with Gasteiger partial charge in [-0.15, -0.1) is 0 Å². The molecule has 1 aliphatic heterocycles. The van der Waals surface area contributed by atoms with Gasteiger partial charge in [0, 0.05) is 17.3 Å². The van der Waals surface area contributed by atoms with Crippen molar-refractivity contribution < 1.29 is 0 Å². The molecule has 1 heterocycles. The molecule has 34 heavy (non-hydrogen) atoms. The number of fused-ring (bicyclic) bond motifs is 6. The van der Waals surface area contributed by atoms with Crippen LogP contribution in [0.5, 0.6) is 0 Å². The molecule has 1 nitrogen and oxygen atoms in total. The highest BCUT2D eigenvalue weighted by atomic mass is 15.2. The molecule has 4 aromatic carbocycles. The maximum atomic E-state index is 2.52. The number of benzene rings is 4. The predicted octanol–water partition coefficient (Wildman–Crippen LogP) is 8.08. The molecule has 3 aliphatic rings. The maximum Gasteiger partial charge on any atom is 0.0630 e. The van der Waals surface area contributed by atoms with Gasteiger partial charge < -0.3 is 4.90 Å². The average molecular weight is 438 g/mol. The van der Waals surface area contributed by atoms with Crippen LogP contribution in [0.4, 0.5) is 11.4 Å². The Hall–Kier alpha value is -3.84. The number of rotatable bonds is 3. The van der Waals surface area contributed by atoms with E-state index in [1.807, 2.05) is 0 Å². The van der Waals surface area contributed by atoms with E-state index in [4.69, 9.17) is 0 Å². The maximum absolute atomic E-state index is 2.52. The third-order valence-corrected chi connectivity index (χ3v) is 7.81. The minimum atomic E-state index is 0.309. The van der Waals surface area contributed by atoms with Crippen molar-refractivity contribution in [3.05, 3.63) is 137 Å². The SMILES string of the molecule is CCc1ccc(N2c3ccccc3C3C=C(c4ccc5c(c4)-c4ccccc4C5)C=CC32)cc1. The van der Waals surface area contributed by atoms with Gasteiger partial charge in [0.2, 0.25) is 0 Å². The minimum absolute atomic E-state index is 0.309. The number of anilines is 2. The number of nitrogens with zero attached hydrogens (tertiary/aromatic N) is 1. The lowest BCUT2D eigenvalue weighted by Crippen LogP contribution is -2.28. The first-order chi connectivity index (χ1) is 16.8. The first-order valence-electron chi connectivity index (χ1n) is 12.4. The van der Waals surface area contributed by atoms with Crippen LogP contribution in [0, 0.1) is 0 Å². The third-order valence-electron chi connectivity index (χ3n) is 7.81. The van der Waals surface area contributed by atoms with Gasteiger partial charge in [-0.05, 0) is 81.6 Å². The van der Waals surface area contributed by atoms with Crippen molar-refractivity contribution in [1.82, 2.24) is 0 Å². The van der Waals surface area contributed by atoms with Crippen LogP contribution in [-0.4, -0.2) is 6.04 Å². The zero-order valence-electron chi connectivity index (χ0n) is 19.4. The Bertz CT molecular complexity index is 1470. The van der Waals surface area contributed by atoms with Gasteiger partial charge >= 0.3 is 0 Å². The van der Waals surface area contributed by atoms with Crippen LogP contribution in [0.1, 0.15) is 40.7 Å². The van der Waals surface area contributed by atoms with Crippen molar-refractivity contribution in [3.8, 4) is 11.1 Å². The van der Waals surface area contributed by atoms with Gasteiger partial charge in [0.25, 0.3) is 0 Å². The van der Waals surface area contributed by atoms with Gasteiger partial charge in [-0.3, -0.25) is 0 Å². The Kier molecular flexibility index (Phi) is 4.38. The summed E-state index contributed by atoms with van der Waals surface area (Å²) >= 11 is 0. The lowest BCUT2D eigenvalue weighted by atomic mass is 9.85. The molecule has 0 saturated heterocycles. The molecular formula is C33H27N. The van der Waals surface area contributed by atoms with Gasteiger partial charge in [0.05, 0.1) is 6.04 Å². The predicted molar refractivity (Wildman–Crippen MR) is 143 cm³/mol. The van der Waals surface area contributed by atoms with Crippen molar-refractivity contribution in [1.29, 1.82) is 0 Å². The molecule has 0 amide bonds. The summed E-state index contributed by atoms with van der Waals surface area (Å²) in [6.45, 7) is 2.21. The van der Waals surface area contributed by atoms with E-state index in [1.54, 1.807) is 0 Å². The monoisotopic (exact) mass is 437 g/mol. The van der Waals surface area contributed by atoms with E-state index in [2.05, 4.69) is 121 Å². The van der Waals surface area contributed by atoms with Crippen LogP contribution in [-0.2, 0) is 12.8 Å². The number of hydrogen-bond acceptors (Lipinski definition) is 1. The normalized spacial score (nSPS) is 19.3. The fourth-order valence-corrected chi connectivity index (χ4v) is 6.04. The van der Waals surface area contributed by atoms with E-state index < -0.39 is 0 Å². The molecule has 0 bridgehead atoms. The van der Waals surface area contributed by atoms with Crippen LogP contribution >= 0.6 is 0 Å². The van der Waals surface area contributed by atoms with Crippen LogP contribution in [0.25, 0.3) is 16.7 Å². The lowest BCUT2D eigenvalue weighted by Gasteiger charge is -2.30. The summed E-state index contributed by atoms with van der Waals surface area (Å²) in [4.78, 5) is 2.52. The van der Waals surface area contributed by atoms with Crippen molar-refractivity contribution >= 4 is 16.9 Å². The second-order valence-corrected chi connectivity index (χ2v) is 9.65. The molecule has 4 aromatic rings. The first kappa shape index (κ1) is 19.6. The van der Waals surface area contributed by atoms with E-state index in [0.29, 0.717) is 12.0 Å². The highest BCUT2D eigenvalue weighted by molar-refractivity contribution is 5.86. The van der Waals surface area contributed by atoms with E-state index in [0.717, 1.165) is 12.8 Å². The molecule has 0 saturated carbocycles. The lowest BCUT2D eigenvalue weighted by molar-refractivity contribution is 0.747. The number of para-hydroxylation sites is 1. The molecule has 0 N–H and O–H groups in total. The van der Waals surface area contributed by atoms with Gasteiger partial charge in [-0.2, -0.15) is 0 Å². The summed E-state index contributed by atoms with van der Waals surface area (Å²) in [6, 6.07) is 34.2. The number of allylic oxidation sites excluding steroid dienone is 2. The van der Waals surface area contributed by atoms with Crippen LogP contribution in [0.15, 0.2) is 109 Å². The highest BCUT2D eigenvalue weighted by Gasteiger charge is 2.38. The molecule has 2 unspecified atom stereocenters. The molecule has 0 fully saturated rings. The molecular weight excluding hydrogens is 410 g/mol. The van der Waals surface area contributed by atoms with E-state index >= 15 is 0 Å². The standard InChI is InChI=1S/C33H27N/c1-2-22-11-16-27(17-12-22)34-32-10-6-5-9-29(32)31-21-24(15-18-33(31)34)23-13-14-26-19-25-7-3-4-8-28(25)30(26)20-23/h3-18,20-21,31,33H,2,19H2,1H3. The fourth-order valence-electron chi connectivity index (χ4n) is 6.04. The second kappa shape index (κ2) is 7.60. The number of aryl methyl sites for hydroxylation is 1. The van der Waals surface area contributed by atoms with Gasteiger partial charge in [0.1, 0.15) is 0 Å². The van der Waals surface area contributed by atoms with Crippen molar-refractivity contribution in [2.45, 2.75) is 31.7 Å². The van der Waals surface area contributed by atoms with E-state index in [9.17, 15) is 0 Å². The molecule has 2 atom stereocenters. The third kappa shape index (κ3) is 2.93. The molecule has 2 aliphatic carbocycles. The molecule has 0 spiro atoms. The quantitative estimate of drug-likeness (QED) is 0.276. The highest BCUT2D eigenvalue weighted by Crippen LogP contribution is 2.49. The Balaban J connectivity index is 1.29. The first-order valence-corrected chi connectivity index (χ1v) is 12.4. The van der Waals surface area contributed by atoms with Crippen molar-refractivity contribution in [2.24, 2.45) is 0 Å². The fraction of sp³-hybridized carbons (Fsp3) is 0.152. The molecule has 7 rings (SSSR count).